The van der Waals surface area contributed by atoms with Gasteiger partial charge in [0.1, 0.15) is 16.9 Å². The number of hydrogen-bond donors (Lipinski definition) is 0. The molecule has 8 aromatic rings. The molecular weight excluding hydrogens is 611 g/mol. The molecule has 3 heterocycles. The summed E-state index contributed by atoms with van der Waals surface area (Å²) in [5, 5.41) is 3.45. The van der Waals surface area contributed by atoms with E-state index in [1.54, 1.807) is 0 Å². The van der Waals surface area contributed by atoms with E-state index in [9.17, 15) is 0 Å². The molecule has 2 atom stereocenters. The van der Waals surface area contributed by atoms with Crippen LogP contribution in [0.2, 0.25) is 0 Å². The van der Waals surface area contributed by atoms with Gasteiger partial charge >= 0.3 is 0 Å². The van der Waals surface area contributed by atoms with E-state index in [2.05, 4.69) is 162 Å². The molecule has 1 aliphatic heterocycles. The highest BCUT2D eigenvalue weighted by Crippen LogP contribution is 2.63. The van der Waals surface area contributed by atoms with E-state index < -0.39 is 5.41 Å². The Hall–Kier alpha value is -6.32. The first-order chi connectivity index (χ1) is 24.8. The Labute approximate surface area is 288 Å². The number of hydrogen-bond acceptors (Lipinski definition) is 2. The van der Waals surface area contributed by atoms with Crippen LogP contribution >= 0.6 is 0 Å². The second-order valence-corrected chi connectivity index (χ2v) is 13.9. The Morgan fingerprint density at radius 1 is 0.560 bits per heavy atom. The van der Waals surface area contributed by atoms with Gasteiger partial charge in [0.15, 0.2) is 5.75 Å². The minimum atomic E-state index is -0.532. The fraction of sp³-hybridized carbons (Fsp3) is 0.0638. The lowest BCUT2D eigenvalue weighted by Crippen LogP contribution is -2.32. The van der Waals surface area contributed by atoms with Gasteiger partial charge in [-0.2, -0.15) is 0 Å². The molecule has 50 heavy (non-hydrogen) atoms. The van der Waals surface area contributed by atoms with Crippen LogP contribution in [0.4, 0.5) is 0 Å². The Morgan fingerprint density at radius 3 is 2.12 bits per heavy atom. The predicted molar refractivity (Wildman–Crippen MR) is 201 cm³/mol. The predicted octanol–water partition coefficient (Wildman–Crippen LogP) is 11.9. The molecule has 0 amide bonds. The maximum atomic E-state index is 7.22. The van der Waals surface area contributed by atoms with E-state index in [1.807, 2.05) is 6.07 Å². The van der Waals surface area contributed by atoms with Crippen molar-refractivity contribution in [3.8, 4) is 28.3 Å². The summed E-state index contributed by atoms with van der Waals surface area (Å²) in [6.07, 6.45) is 13.7. The number of benzene rings is 6. The van der Waals surface area contributed by atoms with Crippen LogP contribution in [-0.4, -0.2) is 4.57 Å². The van der Waals surface area contributed by atoms with Crippen molar-refractivity contribution < 1.29 is 9.15 Å². The average Bonchev–Trinajstić information content (AvgIpc) is 3.82. The molecule has 4 aliphatic rings. The SMILES string of the molecule is C1=CC2C=Cc3c(n(-c4ccc5c(c4)oc4ccccc45)c4c5c(ccc34)C3(c4ccccc4O5)c4ccccc4-c4ccccc43)C2C=C1. The molecule has 0 fully saturated rings. The summed E-state index contributed by atoms with van der Waals surface area (Å²) in [5.74, 6) is 2.27. The average molecular weight is 640 g/mol. The smallest absolute Gasteiger partial charge is 0.156 e. The number of ether oxygens (including phenoxy) is 1. The van der Waals surface area contributed by atoms with Gasteiger partial charge < -0.3 is 13.7 Å². The van der Waals surface area contributed by atoms with Crippen molar-refractivity contribution >= 4 is 38.9 Å². The van der Waals surface area contributed by atoms with Crippen LogP contribution in [0.25, 0.3) is 55.7 Å². The summed E-state index contributed by atoms with van der Waals surface area (Å²) in [4.78, 5) is 0. The number of furan rings is 1. The van der Waals surface area contributed by atoms with Crippen molar-refractivity contribution in [1.82, 2.24) is 4.57 Å². The highest BCUT2D eigenvalue weighted by Gasteiger charge is 2.51. The van der Waals surface area contributed by atoms with Crippen molar-refractivity contribution in [2.24, 2.45) is 5.92 Å². The van der Waals surface area contributed by atoms with Crippen LogP contribution in [0, 0.1) is 5.92 Å². The van der Waals surface area contributed by atoms with Gasteiger partial charge in [0.2, 0.25) is 0 Å². The van der Waals surface area contributed by atoms with Crippen LogP contribution in [0.3, 0.4) is 0 Å². The van der Waals surface area contributed by atoms with Crippen LogP contribution in [0.5, 0.6) is 11.5 Å². The third-order valence-electron chi connectivity index (χ3n) is 11.6. The third kappa shape index (κ3) is 3.16. The van der Waals surface area contributed by atoms with Crippen molar-refractivity contribution in [3.63, 3.8) is 0 Å². The molecule has 0 saturated heterocycles. The molecular formula is C47H29NO2. The summed E-state index contributed by atoms with van der Waals surface area (Å²) >= 11 is 0. The highest BCUT2D eigenvalue weighted by molar-refractivity contribution is 6.06. The Balaban J connectivity index is 1.24. The van der Waals surface area contributed by atoms with Gasteiger partial charge in [0, 0.05) is 62.1 Å². The van der Waals surface area contributed by atoms with Gasteiger partial charge in [-0.05, 0) is 46.5 Å². The highest BCUT2D eigenvalue weighted by atomic mass is 16.5. The summed E-state index contributed by atoms with van der Waals surface area (Å²) < 4.78 is 16.2. The molecule has 0 saturated carbocycles. The van der Waals surface area contributed by atoms with Crippen molar-refractivity contribution in [2.45, 2.75) is 11.3 Å². The normalized spacial score (nSPS) is 18.5. The number of fused-ring (bicyclic) bond motifs is 18. The maximum Gasteiger partial charge on any atom is 0.156 e. The summed E-state index contributed by atoms with van der Waals surface area (Å²) in [7, 11) is 0. The first kappa shape index (κ1) is 26.6. The summed E-state index contributed by atoms with van der Waals surface area (Å²) in [6.45, 7) is 0. The number of rotatable bonds is 1. The molecule has 3 heteroatoms. The van der Waals surface area contributed by atoms with E-state index >= 15 is 0 Å². The molecule has 1 spiro atoms. The summed E-state index contributed by atoms with van der Waals surface area (Å²) in [5.41, 5.74) is 13.4. The van der Waals surface area contributed by atoms with Crippen LogP contribution in [0.1, 0.15) is 39.4 Å². The van der Waals surface area contributed by atoms with Crippen molar-refractivity contribution in [1.29, 1.82) is 0 Å². The van der Waals surface area contributed by atoms with E-state index in [4.69, 9.17) is 9.15 Å². The zero-order valence-corrected chi connectivity index (χ0v) is 27.0. The van der Waals surface area contributed by atoms with Crippen molar-refractivity contribution in [2.75, 3.05) is 0 Å². The van der Waals surface area contributed by atoms with Gasteiger partial charge in [-0.25, -0.2) is 0 Å². The molecule has 3 aliphatic carbocycles. The number of aromatic nitrogens is 1. The lowest BCUT2D eigenvalue weighted by atomic mass is 9.66. The van der Waals surface area contributed by atoms with E-state index in [0.717, 1.165) is 44.6 Å². The second kappa shape index (κ2) is 9.43. The molecule has 0 bridgehead atoms. The molecule has 0 radical (unpaired) electrons. The van der Waals surface area contributed by atoms with Gasteiger partial charge in [0.05, 0.1) is 10.9 Å². The molecule has 3 nitrogen and oxygen atoms in total. The lowest BCUT2D eigenvalue weighted by molar-refractivity contribution is 0.440. The minimum Gasteiger partial charge on any atom is -0.456 e. The molecule has 2 unspecified atom stereocenters. The molecule has 6 aromatic carbocycles. The zero-order chi connectivity index (χ0) is 32.6. The third-order valence-corrected chi connectivity index (χ3v) is 11.6. The topological polar surface area (TPSA) is 27.3 Å². The quantitative estimate of drug-likeness (QED) is 0.179. The number of allylic oxidation sites excluding steroid dienone is 5. The fourth-order valence-electron chi connectivity index (χ4n) is 9.64. The number of para-hydroxylation sites is 2. The Bertz CT molecular complexity index is 2830. The molecule has 234 valence electrons. The minimum absolute atomic E-state index is 0.187. The Kier molecular flexibility index (Phi) is 5.02. The van der Waals surface area contributed by atoms with Gasteiger partial charge in [-0.3, -0.25) is 0 Å². The first-order valence-corrected chi connectivity index (χ1v) is 17.4. The Morgan fingerprint density at radius 2 is 1.26 bits per heavy atom. The fourth-order valence-corrected chi connectivity index (χ4v) is 9.64. The standard InChI is InChI=1S/C47H29NO2/c1-2-12-30-28(11-1)21-23-35-36-25-26-40-46(45(36)48(44(30)35)29-22-24-34-33-15-5-9-19-41(33)49-43(34)27-29)50-42-20-10-8-18-39(42)47(40)37-16-6-3-13-31(37)32-14-4-7-17-38(32)47/h1-28,30H. The van der Waals surface area contributed by atoms with E-state index in [-0.39, 0.29) is 11.8 Å². The molecule has 0 N–H and O–H groups in total. The largest absolute Gasteiger partial charge is 0.456 e. The molecule has 12 rings (SSSR count). The van der Waals surface area contributed by atoms with Crippen LogP contribution < -0.4 is 4.74 Å². The van der Waals surface area contributed by atoms with Gasteiger partial charge in [-0.15, -0.1) is 0 Å². The van der Waals surface area contributed by atoms with Gasteiger partial charge in [0.25, 0.3) is 0 Å². The van der Waals surface area contributed by atoms with Crippen LogP contribution in [-0.2, 0) is 5.41 Å². The van der Waals surface area contributed by atoms with E-state index in [1.165, 1.54) is 50.0 Å². The lowest BCUT2D eigenvalue weighted by Gasteiger charge is -2.39. The monoisotopic (exact) mass is 639 g/mol. The van der Waals surface area contributed by atoms with Crippen molar-refractivity contribution in [3.05, 3.63) is 191 Å². The van der Waals surface area contributed by atoms with Crippen LogP contribution in [0.15, 0.2) is 162 Å². The zero-order valence-electron chi connectivity index (χ0n) is 27.0. The maximum absolute atomic E-state index is 7.22. The van der Waals surface area contributed by atoms with E-state index in [0.29, 0.717) is 0 Å². The first-order valence-electron chi connectivity index (χ1n) is 17.4. The summed E-state index contributed by atoms with van der Waals surface area (Å²) in [6, 6.07) is 46.2. The number of nitrogens with zero attached hydrogens (tertiary/aromatic N) is 1. The second-order valence-electron chi connectivity index (χ2n) is 13.9. The van der Waals surface area contributed by atoms with Gasteiger partial charge in [-0.1, -0.05) is 134 Å². The molecule has 2 aromatic heterocycles.